The van der Waals surface area contributed by atoms with Crippen molar-refractivity contribution in [2.75, 3.05) is 0 Å². The van der Waals surface area contributed by atoms with Crippen molar-refractivity contribution in [1.29, 1.82) is 0 Å². The Bertz CT molecular complexity index is 762. The Morgan fingerprint density at radius 1 is 1.00 bits per heavy atom. The Morgan fingerprint density at radius 3 is 2.60 bits per heavy atom. The van der Waals surface area contributed by atoms with Gasteiger partial charge in [-0.15, -0.1) is 0 Å². The summed E-state index contributed by atoms with van der Waals surface area (Å²) in [6, 6.07) is 11.6. The standard InChI is InChI=1S/C16H14F2N2/c17-14-4-3-13(15(18)8-14)10-20-6-5-12-2-1-11(9-19)7-16(12)20/h1-8H,9-10,19H2. The van der Waals surface area contributed by atoms with Crippen molar-refractivity contribution in [1.82, 2.24) is 4.57 Å². The van der Waals surface area contributed by atoms with Gasteiger partial charge in [0, 0.05) is 29.9 Å². The van der Waals surface area contributed by atoms with E-state index in [9.17, 15) is 8.78 Å². The molecule has 0 saturated carbocycles. The van der Waals surface area contributed by atoms with E-state index in [1.54, 1.807) is 0 Å². The summed E-state index contributed by atoms with van der Waals surface area (Å²) >= 11 is 0. The molecule has 0 atom stereocenters. The number of hydrogen-bond acceptors (Lipinski definition) is 1. The number of hydrogen-bond donors (Lipinski definition) is 1. The van der Waals surface area contributed by atoms with Crippen molar-refractivity contribution >= 4 is 10.9 Å². The van der Waals surface area contributed by atoms with E-state index in [1.165, 1.54) is 12.1 Å². The summed E-state index contributed by atoms with van der Waals surface area (Å²) in [6.07, 6.45) is 1.90. The van der Waals surface area contributed by atoms with Gasteiger partial charge < -0.3 is 10.3 Å². The molecule has 4 heteroatoms. The lowest BCUT2D eigenvalue weighted by molar-refractivity contribution is 0.567. The van der Waals surface area contributed by atoms with Crippen LogP contribution in [0.3, 0.4) is 0 Å². The van der Waals surface area contributed by atoms with Crippen LogP contribution >= 0.6 is 0 Å². The highest BCUT2D eigenvalue weighted by Gasteiger charge is 2.07. The highest BCUT2D eigenvalue weighted by molar-refractivity contribution is 5.80. The Hall–Kier alpha value is -2.20. The summed E-state index contributed by atoms with van der Waals surface area (Å²) in [7, 11) is 0. The highest BCUT2D eigenvalue weighted by Crippen LogP contribution is 2.20. The van der Waals surface area contributed by atoms with E-state index < -0.39 is 11.6 Å². The third kappa shape index (κ3) is 2.30. The van der Waals surface area contributed by atoms with Crippen molar-refractivity contribution in [3.05, 3.63) is 71.4 Å². The van der Waals surface area contributed by atoms with Crippen LogP contribution in [0.5, 0.6) is 0 Å². The predicted molar refractivity (Wildman–Crippen MR) is 75.3 cm³/mol. The van der Waals surface area contributed by atoms with Crippen molar-refractivity contribution in [2.45, 2.75) is 13.1 Å². The van der Waals surface area contributed by atoms with Crippen molar-refractivity contribution in [3.63, 3.8) is 0 Å². The minimum Gasteiger partial charge on any atom is -0.343 e. The molecule has 0 aliphatic carbocycles. The van der Waals surface area contributed by atoms with Gasteiger partial charge in [-0.1, -0.05) is 18.2 Å². The molecule has 1 heterocycles. The quantitative estimate of drug-likeness (QED) is 0.778. The van der Waals surface area contributed by atoms with Gasteiger partial charge in [0.2, 0.25) is 0 Å². The molecule has 3 rings (SSSR count). The Morgan fingerprint density at radius 2 is 1.85 bits per heavy atom. The first-order chi connectivity index (χ1) is 9.67. The van der Waals surface area contributed by atoms with Gasteiger partial charge in [0.1, 0.15) is 11.6 Å². The largest absolute Gasteiger partial charge is 0.343 e. The zero-order valence-electron chi connectivity index (χ0n) is 10.8. The zero-order chi connectivity index (χ0) is 14.1. The van der Waals surface area contributed by atoms with Gasteiger partial charge in [0.05, 0.1) is 6.54 Å². The van der Waals surface area contributed by atoms with E-state index in [1.807, 2.05) is 35.0 Å². The summed E-state index contributed by atoms with van der Waals surface area (Å²) in [5.74, 6) is -1.09. The fraction of sp³-hybridized carbons (Fsp3) is 0.125. The number of halogens is 2. The molecule has 2 N–H and O–H groups in total. The van der Waals surface area contributed by atoms with Crippen LogP contribution in [0.4, 0.5) is 8.78 Å². The molecule has 0 saturated heterocycles. The molecule has 0 fully saturated rings. The second-order valence-electron chi connectivity index (χ2n) is 4.78. The summed E-state index contributed by atoms with van der Waals surface area (Å²) in [5, 5.41) is 1.07. The minimum absolute atomic E-state index is 0.365. The number of rotatable bonds is 3. The maximum atomic E-state index is 13.7. The highest BCUT2D eigenvalue weighted by atomic mass is 19.1. The van der Waals surface area contributed by atoms with Crippen LogP contribution in [0.2, 0.25) is 0 Å². The fourth-order valence-electron chi connectivity index (χ4n) is 2.33. The second kappa shape index (κ2) is 5.06. The molecular weight excluding hydrogens is 258 g/mol. The summed E-state index contributed by atoms with van der Waals surface area (Å²) in [6.45, 7) is 0.829. The fourth-order valence-corrected chi connectivity index (χ4v) is 2.33. The van der Waals surface area contributed by atoms with E-state index >= 15 is 0 Å². The molecular formula is C16H14F2N2. The molecule has 1 aromatic heterocycles. The number of fused-ring (bicyclic) bond motifs is 1. The van der Waals surface area contributed by atoms with E-state index in [0.717, 1.165) is 22.5 Å². The number of nitrogens with zero attached hydrogens (tertiary/aromatic N) is 1. The average molecular weight is 272 g/mol. The number of benzene rings is 2. The van der Waals surface area contributed by atoms with Gasteiger partial charge >= 0.3 is 0 Å². The third-order valence-corrected chi connectivity index (χ3v) is 3.43. The molecule has 0 bridgehead atoms. The lowest BCUT2D eigenvalue weighted by atomic mass is 10.1. The molecule has 0 aliphatic heterocycles. The molecule has 0 spiro atoms. The third-order valence-electron chi connectivity index (χ3n) is 3.43. The van der Waals surface area contributed by atoms with Crippen LogP contribution in [0.25, 0.3) is 10.9 Å². The average Bonchev–Trinajstić information content (AvgIpc) is 2.84. The molecule has 20 heavy (non-hydrogen) atoms. The zero-order valence-corrected chi connectivity index (χ0v) is 10.8. The first kappa shape index (κ1) is 12.8. The van der Waals surface area contributed by atoms with Gasteiger partial charge in [-0.3, -0.25) is 0 Å². The number of nitrogens with two attached hydrogens (primary N) is 1. The van der Waals surface area contributed by atoms with Crippen molar-refractivity contribution in [3.8, 4) is 0 Å². The second-order valence-corrected chi connectivity index (χ2v) is 4.78. The van der Waals surface area contributed by atoms with Crippen LogP contribution in [-0.4, -0.2) is 4.57 Å². The van der Waals surface area contributed by atoms with Crippen molar-refractivity contribution < 1.29 is 8.78 Å². The Kier molecular flexibility index (Phi) is 3.24. The maximum absolute atomic E-state index is 13.7. The Labute approximate surface area is 115 Å². The summed E-state index contributed by atoms with van der Waals surface area (Å²) in [4.78, 5) is 0. The molecule has 0 amide bonds. The summed E-state index contributed by atoms with van der Waals surface area (Å²) in [5.41, 5.74) is 8.12. The summed E-state index contributed by atoms with van der Waals surface area (Å²) < 4.78 is 28.6. The molecule has 0 radical (unpaired) electrons. The topological polar surface area (TPSA) is 30.9 Å². The van der Waals surface area contributed by atoms with E-state index in [0.29, 0.717) is 18.7 Å². The van der Waals surface area contributed by atoms with Gasteiger partial charge in [-0.25, -0.2) is 8.78 Å². The van der Waals surface area contributed by atoms with E-state index in [-0.39, 0.29) is 0 Å². The first-order valence-corrected chi connectivity index (χ1v) is 6.39. The van der Waals surface area contributed by atoms with Crippen LogP contribution in [0.15, 0.2) is 48.7 Å². The monoisotopic (exact) mass is 272 g/mol. The van der Waals surface area contributed by atoms with Crippen LogP contribution < -0.4 is 5.73 Å². The predicted octanol–water partition coefficient (Wildman–Crippen LogP) is 3.43. The van der Waals surface area contributed by atoms with Gasteiger partial charge in [-0.05, 0) is 29.1 Å². The molecule has 3 aromatic rings. The minimum atomic E-state index is -0.561. The SMILES string of the molecule is NCc1ccc2ccn(Cc3ccc(F)cc3F)c2c1. The van der Waals surface area contributed by atoms with E-state index in [2.05, 4.69) is 0 Å². The Balaban J connectivity index is 2.01. The van der Waals surface area contributed by atoms with Crippen LogP contribution in [-0.2, 0) is 13.1 Å². The first-order valence-electron chi connectivity index (χ1n) is 6.39. The molecule has 2 nitrogen and oxygen atoms in total. The van der Waals surface area contributed by atoms with Gasteiger partial charge in [0.15, 0.2) is 0 Å². The van der Waals surface area contributed by atoms with Crippen molar-refractivity contribution in [2.24, 2.45) is 5.73 Å². The lowest BCUT2D eigenvalue weighted by Gasteiger charge is -2.08. The maximum Gasteiger partial charge on any atom is 0.131 e. The van der Waals surface area contributed by atoms with Gasteiger partial charge in [-0.2, -0.15) is 0 Å². The number of aromatic nitrogens is 1. The molecule has 102 valence electrons. The van der Waals surface area contributed by atoms with E-state index in [4.69, 9.17) is 5.73 Å². The van der Waals surface area contributed by atoms with Crippen LogP contribution in [0, 0.1) is 11.6 Å². The molecule has 0 aliphatic rings. The molecule has 2 aromatic carbocycles. The molecule has 0 unspecified atom stereocenters. The lowest BCUT2D eigenvalue weighted by Crippen LogP contribution is -2.02. The normalized spacial score (nSPS) is 11.2. The smallest absolute Gasteiger partial charge is 0.131 e. The van der Waals surface area contributed by atoms with Crippen LogP contribution in [0.1, 0.15) is 11.1 Å². The van der Waals surface area contributed by atoms with Gasteiger partial charge in [0.25, 0.3) is 0 Å².